The molecule has 0 unspecified atom stereocenters. The average molecular weight is 464 g/mol. The SMILES string of the molecule is C[C@H](C(=O)N1CCCC1)N1CC[C@H](N(C)S(=O)(=O)c2ccc3cc(Cl)ccc3c2)C1=O. The van der Waals surface area contributed by atoms with Crippen LogP contribution in [0.2, 0.25) is 5.02 Å². The molecule has 0 aromatic heterocycles. The summed E-state index contributed by atoms with van der Waals surface area (Å²) in [5, 5.41) is 2.17. The van der Waals surface area contributed by atoms with Crippen molar-refractivity contribution in [2.75, 3.05) is 26.7 Å². The van der Waals surface area contributed by atoms with Gasteiger partial charge in [-0.25, -0.2) is 8.42 Å². The molecule has 4 rings (SSSR count). The standard InChI is InChI=1S/C22H26ClN3O4S/c1-15(21(27)25-10-3-4-11-25)26-12-9-20(22(26)28)24(2)31(29,30)19-8-6-16-13-18(23)7-5-17(16)14-19/h5-8,13-15,20H,3-4,9-12H2,1-2H3/t15-,20+/m1/s1. The quantitative estimate of drug-likeness (QED) is 0.683. The highest BCUT2D eigenvalue weighted by atomic mass is 35.5. The van der Waals surface area contributed by atoms with Crippen LogP contribution in [0.25, 0.3) is 10.8 Å². The number of rotatable bonds is 5. The smallest absolute Gasteiger partial charge is 0.245 e. The highest BCUT2D eigenvalue weighted by Crippen LogP contribution is 2.28. The van der Waals surface area contributed by atoms with Crippen LogP contribution in [-0.4, -0.2) is 73.1 Å². The summed E-state index contributed by atoms with van der Waals surface area (Å²) in [4.78, 5) is 29.2. The first-order chi connectivity index (χ1) is 14.7. The van der Waals surface area contributed by atoms with E-state index >= 15 is 0 Å². The summed E-state index contributed by atoms with van der Waals surface area (Å²) < 4.78 is 27.6. The molecular weight excluding hydrogens is 438 g/mol. The van der Waals surface area contributed by atoms with E-state index in [1.807, 2.05) is 0 Å². The third-order valence-electron chi connectivity index (χ3n) is 6.34. The van der Waals surface area contributed by atoms with Gasteiger partial charge in [-0.2, -0.15) is 4.31 Å². The summed E-state index contributed by atoms with van der Waals surface area (Å²) in [6.45, 7) is 3.52. The maximum Gasteiger partial charge on any atom is 0.245 e. The summed E-state index contributed by atoms with van der Waals surface area (Å²) in [6.07, 6.45) is 2.32. The summed E-state index contributed by atoms with van der Waals surface area (Å²) in [5.41, 5.74) is 0. The Kier molecular flexibility index (Phi) is 5.98. The van der Waals surface area contributed by atoms with Crippen molar-refractivity contribution in [3.05, 3.63) is 41.4 Å². The number of hydrogen-bond acceptors (Lipinski definition) is 4. The molecule has 2 saturated heterocycles. The Morgan fingerprint density at radius 1 is 1.10 bits per heavy atom. The molecule has 0 spiro atoms. The number of halogens is 1. The van der Waals surface area contributed by atoms with E-state index < -0.39 is 22.1 Å². The van der Waals surface area contributed by atoms with Crippen molar-refractivity contribution in [1.82, 2.24) is 14.1 Å². The van der Waals surface area contributed by atoms with E-state index in [1.165, 1.54) is 18.0 Å². The highest BCUT2D eigenvalue weighted by molar-refractivity contribution is 7.89. The van der Waals surface area contributed by atoms with E-state index in [-0.39, 0.29) is 16.7 Å². The van der Waals surface area contributed by atoms with Crippen molar-refractivity contribution in [3.8, 4) is 0 Å². The molecule has 0 bridgehead atoms. The predicted octanol–water partition coefficient (Wildman–Crippen LogP) is 2.73. The van der Waals surface area contributed by atoms with Crippen LogP contribution in [0.1, 0.15) is 26.2 Å². The Bertz CT molecular complexity index is 1130. The van der Waals surface area contributed by atoms with E-state index in [9.17, 15) is 18.0 Å². The molecule has 2 aliphatic heterocycles. The minimum Gasteiger partial charge on any atom is -0.341 e. The van der Waals surface area contributed by atoms with Gasteiger partial charge in [0.1, 0.15) is 12.1 Å². The molecule has 9 heteroatoms. The second-order valence-electron chi connectivity index (χ2n) is 8.22. The molecule has 2 atom stereocenters. The van der Waals surface area contributed by atoms with Gasteiger partial charge in [-0.05, 0) is 61.2 Å². The molecule has 7 nitrogen and oxygen atoms in total. The van der Waals surface area contributed by atoms with Gasteiger partial charge in [-0.1, -0.05) is 23.7 Å². The number of nitrogens with zero attached hydrogens (tertiary/aromatic N) is 3. The molecule has 2 aliphatic rings. The van der Waals surface area contributed by atoms with Gasteiger partial charge in [-0.15, -0.1) is 0 Å². The normalized spacial score (nSPS) is 20.8. The van der Waals surface area contributed by atoms with E-state index in [1.54, 1.807) is 42.2 Å². The molecule has 0 radical (unpaired) electrons. The van der Waals surface area contributed by atoms with E-state index in [0.717, 1.165) is 41.0 Å². The van der Waals surface area contributed by atoms with E-state index in [4.69, 9.17) is 11.6 Å². The van der Waals surface area contributed by atoms with Crippen molar-refractivity contribution >= 4 is 44.2 Å². The van der Waals surface area contributed by atoms with Gasteiger partial charge in [-0.3, -0.25) is 9.59 Å². The maximum absolute atomic E-state index is 13.2. The van der Waals surface area contributed by atoms with Gasteiger partial charge in [0.05, 0.1) is 4.90 Å². The van der Waals surface area contributed by atoms with Crippen LogP contribution in [-0.2, 0) is 19.6 Å². The molecule has 31 heavy (non-hydrogen) atoms. The van der Waals surface area contributed by atoms with Crippen molar-refractivity contribution in [3.63, 3.8) is 0 Å². The number of sulfonamides is 1. The lowest BCUT2D eigenvalue weighted by Gasteiger charge is -2.29. The summed E-state index contributed by atoms with van der Waals surface area (Å²) in [6, 6.07) is 8.67. The first-order valence-electron chi connectivity index (χ1n) is 10.5. The largest absolute Gasteiger partial charge is 0.341 e. The third-order valence-corrected chi connectivity index (χ3v) is 8.44. The summed E-state index contributed by atoms with van der Waals surface area (Å²) >= 11 is 6.01. The van der Waals surface area contributed by atoms with Gasteiger partial charge in [0.25, 0.3) is 0 Å². The molecular formula is C22H26ClN3O4S. The molecule has 0 saturated carbocycles. The second kappa shape index (κ2) is 8.41. The van der Waals surface area contributed by atoms with Gasteiger partial charge in [0.15, 0.2) is 0 Å². The predicted molar refractivity (Wildman–Crippen MR) is 119 cm³/mol. The first-order valence-corrected chi connectivity index (χ1v) is 12.3. The maximum atomic E-state index is 13.2. The zero-order valence-corrected chi connectivity index (χ0v) is 19.2. The summed E-state index contributed by atoms with van der Waals surface area (Å²) in [7, 11) is -2.45. The molecule has 2 amide bonds. The van der Waals surface area contributed by atoms with Crippen LogP contribution in [0.4, 0.5) is 0 Å². The molecule has 2 aromatic carbocycles. The monoisotopic (exact) mass is 463 g/mol. The lowest BCUT2D eigenvalue weighted by molar-refractivity contribution is -0.143. The second-order valence-corrected chi connectivity index (χ2v) is 10.7. The van der Waals surface area contributed by atoms with Crippen molar-refractivity contribution < 1.29 is 18.0 Å². The fourth-order valence-corrected chi connectivity index (χ4v) is 5.99. The number of carbonyl (C=O) groups is 2. The zero-order valence-electron chi connectivity index (χ0n) is 17.6. The number of carbonyl (C=O) groups excluding carboxylic acids is 2. The van der Waals surface area contributed by atoms with Gasteiger partial charge in [0.2, 0.25) is 21.8 Å². The van der Waals surface area contributed by atoms with Crippen LogP contribution in [0.15, 0.2) is 41.3 Å². The summed E-state index contributed by atoms with van der Waals surface area (Å²) in [5.74, 6) is -0.385. The lowest BCUT2D eigenvalue weighted by Crippen LogP contribution is -2.50. The number of hydrogen-bond donors (Lipinski definition) is 0. The number of likely N-dealkylation sites (tertiary alicyclic amines) is 2. The third kappa shape index (κ3) is 4.04. The van der Waals surface area contributed by atoms with Crippen LogP contribution < -0.4 is 0 Å². The molecule has 0 N–H and O–H groups in total. The number of fused-ring (bicyclic) bond motifs is 1. The number of amides is 2. The van der Waals surface area contributed by atoms with Crippen molar-refractivity contribution in [2.24, 2.45) is 0 Å². The Labute approximate surface area is 187 Å². The van der Waals surface area contributed by atoms with Crippen molar-refractivity contribution in [2.45, 2.75) is 43.2 Å². The molecule has 0 aliphatic carbocycles. The van der Waals surface area contributed by atoms with E-state index in [0.29, 0.717) is 18.0 Å². The fraction of sp³-hybridized carbons (Fsp3) is 0.455. The molecule has 166 valence electrons. The first kappa shape index (κ1) is 22.0. The van der Waals surface area contributed by atoms with E-state index in [2.05, 4.69) is 0 Å². The molecule has 2 fully saturated rings. The topological polar surface area (TPSA) is 78.0 Å². The highest BCUT2D eigenvalue weighted by Gasteiger charge is 2.43. The van der Waals surface area contributed by atoms with Crippen LogP contribution in [0.5, 0.6) is 0 Å². The Hall–Kier alpha value is -2.16. The zero-order chi connectivity index (χ0) is 22.3. The Balaban J connectivity index is 1.53. The molecule has 2 aromatic rings. The van der Waals surface area contributed by atoms with Gasteiger partial charge >= 0.3 is 0 Å². The van der Waals surface area contributed by atoms with Crippen LogP contribution >= 0.6 is 11.6 Å². The minimum absolute atomic E-state index is 0.0646. The number of benzene rings is 2. The number of likely N-dealkylation sites (N-methyl/N-ethyl adjacent to an activating group) is 1. The van der Waals surface area contributed by atoms with Gasteiger partial charge in [0, 0.05) is 31.7 Å². The Morgan fingerprint density at radius 2 is 1.74 bits per heavy atom. The Morgan fingerprint density at radius 3 is 2.45 bits per heavy atom. The lowest BCUT2D eigenvalue weighted by atomic mass is 10.1. The minimum atomic E-state index is -3.88. The fourth-order valence-electron chi connectivity index (χ4n) is 4.43. The average Bonchev–Trinajstić information content (AvgIpc) is 3.41. The van der Waals surface area contributed by atoms with Crippen molar-refractivity contribution in [1.29, 1.82) is 0 Å². The van der Waals surface area contributed by atoms with Gasteiger partial charge < -0.3 is 9.80 Å². The van der Waals surface area contributed by atoms with Crippen LogP contribution in [0.3, 0.4) is 0 Å². The van der Waals surface area contributed by atoms with Crippen LogP contribution in [0, 0.1) is 0 Å². The molecule has 2 heterocycles.